The van der Waals surface area contributed by atoms with Gasteiger partial charge in [-0.1, -0.05) is 59.3 Å². The first kappa shape index (κ1) is 22.8. The fourth-order valence-corrected chi connectivity index (χ4v) is 4.39. The van der Waals surface area contributed by atoms with E-state index in [2.05, 4.69) is 15.9 Å². The topological polar surface area (TPSA) is 66.8 Å². The van der Waals surface area contributed by atoms with Gasteiger partial charge >= 0.3 is 0 Å². The summed E-state index contributed by atoms with van der Waals surface area (Å²) in [7, 11) is 0. The number of aliphatic hydroxyl groups is 1. The molecule has 4 rings (SSSR count). The second kappa shape index (κ2) is 9.63. The Hall–Kier alpha value is -3.38. The Bertz CT molecular complexity index is 1240. The second-order valence-electron chi connectivity index (χ2n) is 7.89. The average molecular weight is 506 g/mol. The van der Waals surface area contributed by atoms with Crippen molar-refractivity contribution in [2.75, 3.05) is 11.5 Å². The van der Waals surface area contributed by atoms with Gasteiger partial charge < -0.3 is 9.84 Å². The number of ether oxygens (including phenoxy) is 1. The standard InChI is InChI=1S/C27H24BrNO4/c1-3-14-33-22-13-12-19(15-17(22)2)25(30)23-24(18-8-5-4-6-9-18)29(27(32)26(23)31)21-11-7-10-20(28)16-21/h4-13,15-16,24,30H,3,14H2,1-2H3/b25-23+. The third kappa shape index (κ3) is 4.44. The summed E-state index contributed by atoms with van der Waals surface area (Å²) in [6.07, 6.45) is 0.886. The summed E-state index contributed by atoms with van der Waals surface area (Å²) < 4.78 is 6.51. The van der Waals surface area contributed by atoms with E-state index in [4.69, 9.17) is 4.74 Å². The number of ketones is 1. The lowest BCUT2D eigenvalue weighted by Crippen LogP contribution is -2.29. The summed E-state index contributed by atoms with van der Waals surface area (Å²) in [6.45, 7) is 4.51. The van der Waals surface area contributed by atoms with E-state index in [0.717, 1.165) is 27.8 Å². The van der Waals surface area contributed by atoms with Gasteiger partial charge in [0.2, 0.25) is 0 Å². The molecule has 0 aromatic heterocycles. The molecule has 0 bridgehead atoms. The maximum Gasteiger partial charge on any atom is 0.300 e. The quantitative estimate of drug-likeness (QED) is 0.247. The van der Waals surface area contributed by atoms with E-state index in [1.165, 1.54) is 4.90 Å². The fraction of sp³-hybridized carbons (Fsp3) is 0.185. The Morgan fingerprint density at radius 1 is 1.03 bits per heavy atom. The molecule has 1 fully saturated rings. The fourth-order valence-electron chi connectivity index (χ4n) is 4.00. The van der Waals surface area contributed by atoms with Crippen LogP contribution in [0.1, 0.15) is 36.1 Å². The molecular formula is C27H24BrNO4. The number of amides is 1. The molecule has 0 aliphatic carbocycles. The number of hydrogen-bond acceptors (Lipinski definition) is 4. The van der Waals surface area contributed by atoms with E-state index in [0.29, 0.717) is 17.9 Å². The van der Waals surface area contributed by atoms with Gasteiger partial charge in [0, 0.05) is 15.7 Å². The first-order chi connectivity index (χ1) is 15.9. The largest absolute Gasteiger partial charge is 0.507 e. The maximum atomic E-state index is 13.2. The predicted octanol–water partition coefficient (Wildman–Crippen LogP) is 6.17. The van der Waals surface area contributed by atoms with Crippen molar-refractivity contribution in [3.63, 3.8) is 0 Å². The van der Waals surface area contributed by atoms with Crippen molar-refractivity contribution < 1.29 is 19.4 Å². The van der Waals surface area contributed by atoms with Crippen LogP contribution >= 0.6 is 15.9 Å². The van der Waals surface area contributed by atoms with E-state index < -0.39 is 17.7 Å². The molecule has 1 heterocycles. The first-order valence-corrected chi connectivity index (χ1v) is 11.6. The van der Waals surface area contributed by atoms with Gasteiger partial charge in [0.05, 0.1) is 18.2 Å². The van der Waals surface area contributed by atoms with Crippen LogP contribution in [-0.2, 0) is 9.59 Å². The number of halogens is 1. The van der Waals surface area contributed by atoms with Crippen LogP contribution in [0, 0.1) is 6.92 Å². The summed E-state index contributed by atoms with van der Waals surface area (Å²) in [6, 6.07) is 21.0. The van der Waals surface area contributed by atoms with Crippen molar-refractivity contribution in [1.82, 2.24) is 0 Å². The number of aliphatic hydroxyl groups excluding tert-OH is 1. The van der Waals surface area contributed by atoms with Crippen LogP contribution in [0.25, 0.3) is 5.76 Å². The van der Waals surface area contributed by atoms with Gasteiger partial charge in [0.25, 0.3) is 11.7 Å². The van der Waals surface area contributed by atoms with Crippen LogP contribution in [0.3, 0.4) is 0 Å². The first-order valence-electron chi connectivity index (χ1n) is 10.8. The number of rotatable bonds is 6. The third-order valence-electron chi connectivity index (χ3n) is 5.56. The van der Waals surface area contributed by atoms with Gasteiger partial charge in [-0.15, -0.1) is 0 Å². The van der Waals surface area contributed by atoms with Crippen LogP contribution < -0.4 is 9.64 Å². The van der Waals surface area contributed by atoms with E-state index >= 15 is 0 Å². The zero-order valence-corrected chi connectivity index (χ0v) is 20.0. The van der Waals surface area contributed by atoms with Gasteiger partial charge in [-0.2, -0.15) is 0 Å². The molecule has 1 unspecified atom stereocenters. The number of carbonyl (C=O) groups is 2. The maximum absolute atomic E-state index is 13.2. The lowest BCUT2D eigenvalue weighted by molar-refractivity contribution is -0.132. The van der Waals surface area contributed by atoms with Crippen molar-refractivity contribution in [2.24, 2.45) is 0 Å². The van der Waals surface area contributed by atoms with Crippen molar-refractivity contribution >= 4 is 39.1 Å². The third-order valence-corrected chi connectivity index (χ3v) is 6.05. The smallest absolute Gasteiger partial charge is 0.300 e. The van der Waals surface area contributed by atoms with Crippen LogP contribution in [0.4, 0.5) is 5.69 Å². The zero-order valence-electron chi connectivity index (χ0n) is 18.4. The van der Waals surface area contributed by atoms with E-state index in [1.807, 2.05) is 50.2 Å². The zero-order chi connectivity index (χ0) is 23.5. The molecule has 1 aliphatic rings. The average Bonchev–Trinajstić information content (AvgIpc) is 3.09. The molecule has 5 nitrogen and oxygen atoms in total. The molecule has 1 amide bonds. The van der Waals surface area contributed by atoms with E-state index in [1.54, 1.807) is 36.4 Å². The molecule has 6 heteroatoms. The summed E-state index contributed by atoms with van der Waals surface area (Å²) in [5, 5.41) is 11.3. The molecule has 1 atom stereocenters. The van der Waals surface area contributed by atoms with Crippen LogP contribution in [0.2, 0.25) is 0 Å². The monoisotopic (exact) mass is 505 g/mol. The minimum atomic E-state index is -0.753. The Morgan fingerprint density at radius 2 is 1.79 bits per heavy atom. The lowest BCUT2D eigenvalue weighted by atomic mass is 9.94. The van der Waals surface area contributed by atoms with Crippen LogP contribution in [0.5, 0.6) is 5.75 Å². The number of nitrogens with zero attached hydrogens (tertiary/aromatic N) is 1. The Kier molecular flexibility index (Phi) is 6.65. The molecular weight excluding hydrogens is 482 g/mol. The summed E-state index contributed by atoms with van der Waals surface area (Å²) in [4.78, 5) is 27.8. The van der Waals surface area contributed by atoms with Crippen LogP contribution in [0.15, 0.2) is 82.8 Å². The summed E-state index contributed by atoms with van der Waals surface area (Å²) in [5.74, 6) is -0.874. The number of anilines is 1. The highest BCUT2D eigenvalue weighted by Gasteiger charge is 2.46. The molecule has 1 aliphatic heterocycles. The molecule has 3 aromatic rings. The van der Waals surface area contributed by atoms with Gasteiger partial charge in [0.15, 0.2) is 0 Å². The highest BCUT2D eigenvalue weighted by Crippen LogP contribution is 2.42. The molecule has 168 valence electrons. The molecule has 1 N–H and O–H groups in total. The number of hydrogen-bond donors (Lipinski definition) is 1. The van der Waals surface area contributed by atoms with Crippen molar-refractivity contribution in [1.29, 1.82) is 0 Å². The Morgan fingerprint density at radius 3 is 2.45 bits per heavy atom. The molecule has 0 saturated carbocycles. The SMILES string of the molecule is CCCOc1ccc(/C(O)=C2\C(=O)C(=O)N(c3cccc(Br)c3)C2c2ccccc2)cc1C. The predicted molar refractivity (Wildman–Crippen MR) is 132 cm³/mol. The normalized spacial score (nSPS) is 17.4. The molecule has 0 radical (unpaired) electrons. The van der Waals surface area contributed by atoms with Gasteiger partial charge in [0.1, 0.15) is 11.5 Å². The minimum absolute atomic E-state index is 0.0628. The Labute approximate surface area is 201 Å². The van der Waals surface area contributed by atoms with Crippen LogP contribution in [-0.4, -0.2) is 23.4 Å². The molecule has 33 heavy (non-hydrogen) atoms. The van der Waals surface area contributed by atoms with E-state index in [9.17, 15) is 14.7 Å². The van der Waals surface area contributed by atoms with Crippen molar-refractivity contribution in [3.8, 4) is 5.75 Å². The molecule has 3 aromatic carbocycles. The van der Waals surface area contributed by atoms with Gasteiger partial charge in [-0.05, 0) is 60.9 Å². The summed E-state index contributed by atoms with van der Waals surface area (Å²) >= 11 is 3.44. The highest BCUT2D eigenvalue weighted by atomic mass is 79.9. The van der Waals surface area contributed by atoms with E-state index in [-0.39, 0.29) is 11.3 Å². The highest BCUT2D eigenvalue weighted by molar-refractivity contribution is 9.10. The minimum Gasteiger partial charge on any atom is -0.507 e. The van der Waals surface area contributed by atoms with Gasteiger partial charge in [-0.25, -0.2) is 0 Å². The lowest BCUT2D eigenvalue weighted by Gasteiger charge is -2.25. The van der Waals surface area contributed by atoms with Crippen molar-refractivity contribution in [2.45, 2.75) is 26.3 Å². The number of Topliss-reactive ketones (excluding diaryl/α,β-unsaturated/α-hetero) is 1. The van der Waals surface area contributed by atoms with Crippen molar-refractivity contribution in [3.05, 3.63) is 99.5 Å². The second-order valence-corrected chi connectivity index (χ2v) is 8.80. The Balaban J connectivity index is 1.87. The number of carbonyl (C=O) groups excluding carboxylic acids is 2. The molecule has 1 saturated heterocycles. The molecule has 0 spiro atoms. The number of benzene rings is 3. The number of aryl methyl sites for hydroxylation is 1. The summed E-state index contributed by atoms with van der Waals surface area (Å²) in [5.41, 5.74) is 2.67. The van der Waals surface area contributed by atoms with Gasteiger partial charge in [-0.3, -0.25) is 14.5 Å².